The lowest BCUT2D eigenvalue weighted by Gasteiger charge is -2.36. The van der Waals surface area contributed by atoms with Gasteiger partial charge in [-0.05, 0) is 44.7 Å². The molecule has 1 aliphatic rings. The second-order valence-corrected chi connectivity index (χ2v) is 4.62. The van der Waals surface area contributed by atoms with Crippen LogP contribution in [0.2, 0.25) is 0 Å². The summed E-state index contributed by atoms with van der Waals surface area (Å²) in [6.07, 6.45) is 4.62. The van der Waals surface area contributed by atoms with Gasteiger partial charge in [0.2, 0.25) is 0 Å². The second-order valence-electron chi connectivity index (χ2n) is 4.62. The smallest absolute Gasteiger partial charge is 0.320 e. The number of unbranched alkanes of at least 4 members (excludes halogenated alkanes) is 1. The fourth-order valence-corrected chi connectivity index (χ4v) is 2.41. The molecule has 0 aromatic heterocycles. The van der Waals surface area contributed by atoms with Gasteiger partial charge in [0, 0.05) is 6.61 Å². The Labute approximate surface area is 97.3 Å². The van der Waals surface area contributed by atoms with Crippen molar-refractivity contribution in [3.05, 3.63) is 0 Å². The van der Waals surface area contributed by atoms with Gasteiger partial charge in [0.15, 0.2) is 0 Å². The predicted octanol–water partition coefficient (Wildman–Crippen LogP) is 1.33. The van der Waals surface area contributed by atoms with Crippen molar-refractivity contribution < 1.29 is 15.0 Å². The number of aliphatic carboxylic acids is 1. The highest BCUT2D eigenvalue weighted by Gasteiger charge is 2.31. The molecule has 0 radical (unpaired) electrons. The fourth-order valence-electron chi connectivity index (χ4n) is 2.41. The summed E-state index contributed by atoms with van der Waals surface area (Å²) in [4.78, 5) is 13.2. The first-order valence-corrected chi connectivity index (χ1v) is 6.26. The molecule has 16 heavy (non-hydrogen) atoms. The molecule has 0 aliphatic carbocycles. The van der Waals surface area contributed by atoms with E-state index >= 15 is 0 Å². The average Bonchev–Trinajstić information content (AvgIpc) is 2.29. The summed E-state index contributed by atoms with van der Waals surface area (Å²) >= 11 is 0. The SMILES string of the molecule is CCC1CCN(CCCCO)C(C(=O)O)C1. The molecule has 1 rings (SSSR count). The van der Waals surface area contributed by atoms with E-state index in [1.54, 1.807) is 0 Å². The molecule has 0 spiro atoms. The quantitative estimate of drug-likeness (QED) is 0.675. The summed E-state index contributed by atoms with van der Waals surface area (Å²) in [5.74, 6) is -0.127. The van der Waals surface area contributed by atoms with Crippen molar-refractivity contribution in [3.8, 4) is 0 Å². The molecular weight excluding hydrogens is 206 g/mol. The number of aliphatic hydroxyl groups excluding tert-OH is 1. The van der Waals surface area contributed by atoms with Crippen molar-refractivity contribution in [1.29, 1.82) is 0 Å². The third kappa shape index (κ3) is 3.76. The zero-order valence-electron chi connectivity index (χ0n) is 10.1. The predicted molar refractivity (Wildman–Crippen MR) is 62.3 cm³/mol. The van der Waals surface area contributed by atoms with Crippen LogP contribution >= 0.6 is 0 Å². The zero-order chi connectivity index (χ0) is 12.0. The van der Waals surface area contributed by atoms with E-state index in [2.05, 4.69) is 11.8 Å². The third-order valence-electron chi connectivity index (χ3n) is 3.54. The molecule has 0 aromatic rings. The Kier molecular flexibility index (Phi) is 5.77. The van der Waals surface area contributed by atoms with Gasteiger partial charge >= 0.3 is 5.97 Å². The summed E-state index contributed by atoms with van der Waals surface area (Å²) in [7, 11) is 0. The molecule has 0 bridgehead atoms. The van der Waals surface area contributed by atoms with Crippen molar-refractivity contribution in [2.45, 2.75) is 45.1 Å². The molecule has 0 amide bonds. The number of carbonyl (C=O) groups is 1. The van der Waals surface area contributed by atoms with Gasteiger partial charge in [0.25, 0.3) is 0 Å². The van der Waals surface area contributed by atoms with E-state index in [-0.39, 0.29) is 12.6 Å². The van der Waals surface area contributed by atoms with Crippen LogP contribution in [0.25, 0.3) is 0 Å². The number of carboxylic acid groups (broad SMARTS) is 1. The lowest BCUT2D eigenvalue weighted by atomic mass is 9.89. The number of rotatable bonds is 6. The number of aliphatic hydroxyl groups is 1. The lowest BCUT2D eigenvalue weighted by molar-refractivity contribution is -0.145. The van der Waals surface area contributed by atoms with Crippen LogP contribution < -0.4 is 0 Å². The maximum absolute atomic E-state index is 11.2. The maximum Gasteiger partial charge on any atom is 0.320 e. The summed E-state index contributed by atoms with van der Waals surface area (Å²) in [6.45, 7) is 4.02. The number of piperidine rings is 1. The molecule has 1 fully saturated rings. The molecule has 0 saturated carbocycles. The van der Waals surface area contributed by atoms with E-state index in [4.69, 9.17) is 5.11 Å². The minimum atomic E-state index is -0.692. The topological polar surface area (TPSA) is 60.8 Å². The van der Waals surface area contributed by atoms with Crippen LogP contribution in [-0.2, 0) is 4.79 Å². The molecule has 94 valence electrons. The lowest BCUT2D eigenvalue weighted by Crippen LogP contribution is -2.47. The van der Waals surface area contributed by atoms with Crippen LogP contribution in [0.5, 0.6) is 0 Å². The molecule has 1 aliphatic heterocycles. The fraction of sp³-hybridized carbons (Fsp3) is 0.917. The molecule has 4 heteroatoms. The number of nitrogens with zero attached hydrogens (tertiary/aromatic N) is 1. The monoisotopic (exact) mass is 229 g/mol. The summed E-state index contributed by atoms with van der Waals surface area (Å²) in [5, 5.41) is 17.9. The summed E-state index contributed by atoms with van der Waals surface area (Å²) in [6, 6.07) is -0.308. The Morgan fingerprint density at radius 3 is 2.75 bits per heavy atom. The highest BCUT2D eigenvalue weighted by Crippen LogP contribution is 2.25. The molecule has 4 nitrogen and oxygen atoms in total. The van der Waals surface area contributed by atoms with Gasteiger partial charge < -0.3 is 10.2 Å². The van der Waals surface area contributed by atoms with Crippen molar-refractivity contribution in [1.82, 2.24) is 4.90 Å². The van der Waals surface area contributed by atoms with Gasteiger partial charge in [-0.25, -0.2) is 0 Å². The average molecular weight is 229 g/mol. The first-order valence-electron chi connectivity index (χ1n) is 6.26. The first kappa shape index (κ1) is 13.5. The minimum Gasteiger partial charge on any atom is -0.480 e. The Morgan fingerprint density at radius 1 is 1.44 bits per heavy atom. The van der Waals surface area contributed by atoms with E-state index in [9.17, 15) is 9.90 Å². The van der Waals surface area contributed by atoms with Crippen molar-refractivity contribution in [3.63, 3.8) is 0 Å². The second kappa shape index (κ2) is 6.86. The molecule has 2 atom stereocenters. The van der Waals surface area contributed by atoms with Crippen LogP contribution in [0, 0.1) is 5.92 Å². The molecular formula is C12H23NO3. The summed E-state index contributed by atoms with van der Waals surface area (Å²) < 4.78 is 0. The maximum atomic E-state index is 11.2. The molecule has 2 N–H and O–H groups in total. The number of hydrogen-bond acceptors (Lipinski definition) is 3. The summed E-state index contributed by atoms with van der Waals surface area (Å²) in [5.41, 5.74) is 0. The van der Waals surface area contributed by atoms with E-state index in [0.29, 0.717) is 5.92 Å². The van der Waals surface area contributed by atoms with Crippen LogP contribution in [0.3, 0.4) is 0 Å². The van der Waals surface area contributed by atoms with Crippen LogP contribution in [0.4, 0.5) is 0 Å². The van der Waals surface area contributed by atoms with Crippen LogP contribution in [0.15, 0.2) is 0 Å². The minimum absolute atomic E-state index is 0.198. The van der Waals surface area contributed by atoms with Gasteiger partial charge in [-0.15, -0.1) is 0 Å². The van der Waals surface area contributed by atoms with Gasteiger partial charge in [-0.2, -0.15) is 0 Å². The van der Waals surface area contributed by atoms with Gasteiger partial charge in [0.05, 0.1) is 0 Å². The molecule has 2 unspecified atom stereocenters. The first-order chi connectivity index (χ1) is 7.69. The highest BCUT2D eigenvalue weighted by atomic mass is 16.4. The Morgan fingerprint density at radius 2 is 2.19 bits per heavy atom. The van der Waals surface area contributed by atoms with Crippen LogP contribution in [-0.4, -0.2) is 46.8 Å². The molecule has 1 heterocycles. The van der Waals surface area contributed by atoms with Crippen molar-refractivity contribution >= 4 is 5.97 Å². The van der Waals surface area contributed by atoms with Crippen LogP contribution in [0.1, 0.15) is 39.0 Å². The van der Waals surface area contributed by atoms with E-state index in [1.807, 2.05) is 0 Å². The van der Waals surface area contributed by atoms with Gasteiger partial charge in [-0.1, -0.05) is 13.3 Å². The van der Waals surface area contributed by atoms with Crippen molar-refractivity contribution in [2.24, 2.45) is 5.92 Å². The normalized spacial score (nSPS) is 26.9. The number of carboxylic acids is 1. The van der Waals surface area contributed by atoms with Gasteiger partial charge in [-0.3, -0.25) is 9.69 Å². The standard InChI is InChI=1S/C12H23NO3/c1-2-10-5-7-13(6-3-4-8-14)11(9-10)12(15)16/h10-11,14H,2-9H2,1H3,(H,15,16). The third-order valence-corrected chi connectivity index (χ3v) is 3.54. The number of hydrogen-bond donors (Lipinski definition) is 2. The zero-order valence-corrected chi connectivity index (χ0v) is 10.1. The molecule has 1 saturated heterocycles. The Hall–Kier alpha value is -0.610. The van der Waals surface area contributed by atoms with E-state index in [0.717, 1.165) is 45.2 Å². The van der Waals surface area contributed by atoms with Crippen molar-refractivity contribution in [2.75, 3.05) is 19.7 Å². The Balaban J connectivity index is 2.45. The number of likely N-dealkylation sites (tertiary alicyclic amines) is 1. The molecule has 0 aromatic carbocycles. The van der Waals surface area contributed by atoms with E-state index in [1.165, 1.54) is 0 Å². The highest BCUT2D eigenvalue weighted by molar-refractivity contribution is 5.73. The van der Waals surface area contributed by atoms with E-state index < -0.39 is 5.97 Å². The van der Waals surface area contributed by atoms with Gasteiger partial charge in [0.1, 0.15) is 6.04 Å². The Bertz CT molecular complexity index is 218. The largest absolute Gasteiger partial charge is 0.480 e.